The van der Waals surface area contributed by atoms with Crippen molar-refractivity contribution in [3.63, 3.8) is 0 Å². The lowest BCUT2D eigenvalue weighted by molar-refractivity contribution is -0.0269. The summed E-state index contributed by atoms with van der Waals surface area (Å²) >= 11 is 0. The van der Waals surface area contributed by atoms with Gasteiger partial charge < -0.3 is 9.84 Å². The van der Waals surface area contributed by atoms with Gasteiger partial charge in [-0.15, -0.1) is 0 Å². The van der Waals surface area contributed by atoms with Crippen LogP contribution in [0.4, 0.5) is 0 Å². The SMILES string of the molecule is CC(C)c1ccccc1OCC(C)(O)C(C)C. The van der Waals surface area contributed by atoms with Crippen LogP contribution < -0.4 is 4.74 Å². The van der Waals surface area contributed by atoms with Gasteiger partial charge in [-0.3, -0.25) is 0 Å². The molecule has 1 unspecified atom stereocenters. The maximum atomic E-state index is 10.2. The zero-order valence-electron chi connectivity index (χ0n) is 11.5. The van der Waals surface area contributed by atoms with Gasteiger partial charge in [0.1, 0.15) is 12.4 Å². The van der Waals surface area contributed by atoms with E-state index in [4.69, 9.17) is 4.74 Å². The van der Waals surface area contributed by atoms with Crippen molar-refractivity contribution >= 4 is 0 Å². The van der Waals surface area contributed by atoms with Crippen LogP contribution in [0.2, 0.25) is 0 Å². The van der Waals surface area contributed by atoms with Gasteiger partial charge >= 0.3 is 0 Å². The second kappa shape index (κ2) is 5.54. The minimum absolute atomic E-state index is 0.175. The zero-order valence-corrected chi connectivity index (χ0v) is 11.5. The van der Waals surface area contributed by atoms with E-state index < -0.39 is 5.60 Å². The third-order valence-corrected chi connectivity index (χ3v) is 3.30. The summed E-state index contributed by atoms with van der Waals surface area (Å²) in [5, 5.41) is 10.2. The van der Waals surface area contributed by atoms with Gasteiger partial charge in [-0.1, -0.05) is 45.9 Å². The molecule has 1 aromatic carbocycles. The molecule has 0 aliphatic rings. The van der Waals surface area contributed by atoms with Gasteiger partial charge in [-0.05, 0) is 30.4 Å². The average Bonchev–Trinajstić information content (AvgIpc) is 2.26. The highest BCUT2D eigenvalue weighted by molar-refractivity contribution is 5.35. The molecule has 17 heavy (non-hydrogen) atoms. The van der Waals surface area contributed by atoms with Gasteiger partial charge in [-0.2, -0.15) is 0 Å². The minimum Gasteiger partial charge on any atom is -0.490 e. The second-order valence-corrected chi connectivity index (χ2v) is 5.49. The van der Waals surface area contributed by atoms with Gasteiger partial charge in [-0.25, -0.2) is 0 Å². The normalized spacial score (nSPS) is 15.1. The Kier molecular flexibility index (Phi) is 4.58. The first-order chi connectivity index (χ1) is 7.84. The van der Waals surface area contributed by atoms with E-state index >= 15 is 0 Å². The van der Waals surface area contributed by atoms with Crippen LogP contribution in [0.25, 0.3) is 0 Å². The van der Waals surface area contributed by atoms with E-state index in [0.717, 1.165) is 5.75 Å². The van der Waals surface area contributed by atoms with Crippen LogP contribution in [0.5, 0.6) is 5.75 Å². The molecule has 0 spiro atoms. The van der Waals surface area contributed by atoms with Crippen molar-refractivity contribution in [3.8, 4) is 5.75 Å². The number of hydrogen-bond donors (Lipinski definition) is 1. The molecule has 0 aliphatic heterocycles. The van der Waals surface area contributed by atoms with Crippen LogP contribution in [0.3, 0.4) is 0 Å². The number of benzene rings is 1. The predicted octanol–water partition coefficient (Wildman–Crippen LogP) is 3.60. The fourth-order valence-corrected chi connectivity index (χ4v) is 1.48. The van der Waals surface area contributed by atoms with E-state index in [9.17, 15) is 5.11 Å². The first-order valence-electron chi connectivity index (χ1n) is 6.28. The highest BCUT2D eigenvalue weighted by atomic mass is 16.5. The molecule has 96 valence electrons. The summed E-state index contributed by atoms with van der Waals surface area (Å²) in [4.78, 5) is 0. The number of ether oxygens (including phenoxy) is 1. The highest BCUT2D eigenvalue weighted by Crippen LogP contribution is 2.27. The summed E-state index contributed by atoms with van der Waals surface area (Å²) in [7, 11) is 0. The van der Waals surface area contributed by atoms with E-state index in [-0.39, 0.29) is 5.92 Å². The summed E-state index contributed by atoms with van der Waals surface area (Å²) in [5.41, 5.74) is 0.399. The molecule has 0 aliphatic carbocycles. The summed E-state index contributed by atoms with van der Waals surface area (Å²) in [6.07, 6.45) is 0. The third kappa shape index (κ3) is 3.74. The Hall–Kier alpha value is -1.02. The van der Waals surface area contributed by atoms with E-state index in [1.165, 1.54) is 5.56 Å². The molecule has 0 saturated carbocycles. The molecule has 0 aromatic heterocycles. The van der Waals surface area contributed by atoms with Crippen LogP contribution in [-0.2, 0) is 0 Å². The lowest BCUT2D eigenvalue weighted by atomic mass is 9.93. The van der Waals surface area contributed by atoms with E-state index in [2.05, 4.69) is 19.9 Å². The van der Waals surface area contributed by atoms with Gasteiger partial charge in [0.15, 0.2) is 0 Å². The Morgan fingerprint density at radius 2 is 1.76 bits per heavy atom. The Balaban J connectivity index is 2.76. The fourth-order valence-electron chi connectivity index (χ4n) is 1.48. The Morgan fingerprint density at radius 3 is 2.29 bits per heavy atom. The van der Waals surface area contributed by atoms with Crippen LogP contribution in [-0.4, -0.2) is 17.3 Å². The monoisotopic (exact) mass is 236 g/mol. The maximum absolute atomic E-state index is 10.2. The van der Waals surface area contributed by atoms with Crippen LogP contribution in [0.1, 0.15) is 46.1 Å². The summed E-state index contributed by atoms with van der Waals surface area (Å²) < 4.78 is 5.77. The predicted molar refractivity (Wildman–Crippen MR) is 71.5 cm³/mol. The minimum atomic E-state index is -0.788. The molecule has 1 atom stereocenters. The lowest BCUT2D eigenvalue weighted by Gasteiger charge is -2.28. The molecular formula is C15H24O2. The van der Waals surface area contributed by atoms with Crippen molar-refractivity contribution in [2.75, 3.05) is 6.61 Å². The van der Waals surface area contributed by atoms with Crippen LogP contribution in [0, 0.1) is 5.92 Å². The number of rotatable bonds is 5. The smallest absolute Gasteiger partial charge is 0.122 e. The molecule has 1 N–H and O–H groups in total. The van der Waals surface area contributed by atoms with Gasteiger partial charge in [0, 0.05) is 0 Å². The molecule has 2 nitrogen and oxygen atoms in total. The van der Waals surface area contributed by atoms with Crippen LogP contribution >= 0.6 is 0 Å². The molecule has 1 aromatic rings. The zero-order chi connectivity index (χ0) is 13.1. The molecule has 2 heteroatoms. The van der Waals surface area contributed by atoms with Crippen molar-refractivity contribution in [2.24, 2.45) is 5.92 Å². The standard InChI is InChI=1S/C15H24O2/c1-11(2)13-8-6-7-9-14(13)17-10-15(5,16)12(3)4/h6-9,11-12,16H,10H2,1-5H3. The quantitative estimate of drug-likeness (QED) is 0.846. The van der Waals surface area contributed by atoms with Crippen LogP contribution in [0.15, 0.2) is 24.3 Å². The highest BCUT2D eigenvalue weighted by Gasteiger charge is 2.26. The molecule has 0 bridgehead atoms. The Bertz CT molecular complexity index is 354. The molecule has 0 amide bonds. The molecule has 0 radical (unpaired) electrons. The van der Waals surface area contributed by atoms with Gasteiger partial charge in [0.25, 0.3) is 0 Å². The molecule has 0 fully saturated rings. The first kappa shape index (κ1) is 14.0. The van der Waals surface area contributed by atoms with E-state index in [0.29, 0.717) is 12.5 Å². The lowest BCUT2D eigenvalue weighted by Crippen LogP contribution is -2.38. The number of hydrogen-bond acceptors (Lipinski definition) is 2. The number of aliphatic hydroxyl groups is 1. The van der Waals surface area contributed by atoms with E-state index in [1.807, 2.05) is 39.0 Å². The summed E-state index contributed by atoms with van der Waals surface area (Å²) in [6, 6.07) is 8.02. The average molecular weight is 236 g/mol. The number of para-hydroxylation sites is 1. The summed E-state index contributed by atoms with van der Waals surface area (Å²) in [6.45, 7) is 10.4. The van der Waals surface area contributed by atoms with Gasteiger partial charge in [0.05, 0.1) is 5.60 Å². The second-order valence-electron chi connectivity index (χ2n) is 5.49. The van der Waals surface area contributed by atoms with E-state index in [1.54, 1.807) is 0 Å². The maximum Gasteiger partial charge on any atom is 0.122 e. The topological polar surface area (TPSA) is 29.5 Å². The van der Waals surface area contributed by atoms with Crippen molar-refractivity contribution in [1.29, 1.82) is 0 Å². The van der Waals surface area contributed by atoms with Gasteiger partial charge in [0.2, 0.25) is 0 Å². The Morgan fingerprint density at radius 1 is 1.18 bits per heavy atom. The molecule has 0 saturated heterocycles. The van der Waals surface area contributed by atoms with Crippen molar-refractivity contribution in [3.05, 3.63) is 29.8 Å². The largest absolute Gasteiger partial charge is 0.490 e. The summed E-state index contributed by atoms with van der Waals surface area (Å²) in [5.74, 6) is 1.48. The van der Waals surface area contributed by atoms with Crippen molar-refractivity contribution in [1.82, 2.24) is 0 Å². The third-order valence-electron chi connectivity index (χ3n) is 3.30. The van der Waals surface area contributed by atoms with Crippen molar-refractivity contribution < 1.29 is 9.84 Å². The molecule has 0 heterocycles. The van der Waals surface area contributed by atoms with Crippen molar-refractivity contribution in [2.45, 2.75) is 46.1 Å². The molecular weight excluding hydrogens is 212 g/mol. The Labute approximate surface area is 105 Å². The fraction of sp³-hybridized carbons (Fsp3) is 0.600. The first-order valence-corrected chi connectivity index (χ1v) is 6.28. The molecule has 1 rings (SSSR count).